The first-order valence-corrected chi connectivity index (χ1v) is 11.4. The Morgan fingerprint density at radius 2 is 0.806 bits per heavy atom. The highest BCUT2D eigenvalue weighted by Gasteiger charge is 2.30. The molecule has 0 spiro atoms. The standard InChI is InChI=1S/C18H12I3N3O7/c19-7-1-4-2(8(20)14(26)16(28)10(4)22)6-3(5(1)11(23)17(29)13(7)25)9(21)15(27)18(31-30)12(6)24/h25-30H,22-24H2. The van der Waals surface area contributed by atoms with E-state index in [4.69, 9.17) is 17.2 Å². The molecule has 0 bridgehead atoms. The summed E-state index contributed by atoms with van der Waals surface area (Å²) in [6.07, 6.45) is 0. The van der Waals surface area contributed by atoms with Gasteiger partial charge >= 0.3 is 0 Å². The van der Waals surface area contributed by atoms with E-state index >= 15 is 0 Å². The van der Waals surface area contributed by atoms with E-state index in [0.29, 0.717) is 0 Å². The molecule has 0 unspecified atom stereocenters. The summed E-state index contributed by atoms with van der Waals surface area (Å²) in [4.78, 5) is 4.30. The number of phenols is 5. The predicted octanol–water partition coefficient (Wildman–Crippen LogP) is 4.09. The molecule has 0 aliphatic carbocycles. The number of hydrogen-bond acceptors (Lipinski definition) is 10. The molecule has 31 heavy (non-hydrogen) atoms. The summed E-state index contributed by atoms with van der Waals surface area (Å²) in [5, 5.41) is 62.9. The fraction of sp³-hybridized carbons (Fsp3) is 0. The quantitative estimate of drug-likeness (QED) is 0.0339. The van der Waals surface area contributed by atoms with Crippen molar-refractivity contribution in [1.82, 2.24) is 0 Å². The molecular formula is C18H12I3N3O7. The molecular weight excluding hydrogens is 751 g/mol. The minimum absolute atomic E-state index is 0.158. The number of halogens is 3. The zero-order valence-electron chi connectivity index (χ0n) is 15.0. The summed E-state index contributed by atoms with van der Waals surface area (Å²) < 4.78 is 0.479. The zero-order chi connectivity index (χ0) is 23.1. The normalized spacial score (nSPS) is 11.6. The summed E-state index contributed by atoms with van der Waals surface area (Å²) in [7, 11) is 0. The highest BCUT2D eigenvalue weighted by Crippen LogP contribution is 2.57. The molecule has 0 aromatic heterocycles. The molecule has 10 nitrogen and oxygen atoms in total. The third-order valence-electron chi connectivity index (χ3n) is 5.10. The van der Waals surface area contributed by atoms with Crippen LogP contribution in [-0.2, 0) is 0 Å². The minimum atomic E-state index is -0.592. The molecule has 0 amide bonds. The maximum atomic E-state index is 10.6. The average molecular weight is 763 g/mol. The Balaban J connectivity index is 2.65. The SMILES string of the molecule is Nc1c(O)c(O)c(I)c2c1c1c(I)c(O)c(O)c(N)c1c1c(I)c(O)c(OO)c(N)c21. The molecule has 0 saturated heterocycles. The second-order valence-electron chi connectivity index (χ2n) is 6.60. The Labute approximate surface area is 213 Å². The number of benzene rings is 4. The summed E-state index contributed by atoms with van der Waals surface area (Å²) in [5.41, 5.74) is 17.9. The number of nitrogens with two attached hydrogens (primary N) is 3. The van der Waals surface area contributed by atoms with Gasteiger partial charge in [0.1, 0.15) is 0 Å². The highest BCUT2D eigenvalue weighted by atomic mass is 127. The Morgan fingerprint density at radius 1 is 0.484 bits per heavy atom. The van der Waals surface area contributed by atoms with E-state index < -0.39 is 34.5 Å². The van der Waals surface area contributed by atoms with Gasteiger partial charge in [0.05, 0.1) is 27.8 Å². The molecule has 0 heterocycles. The van der Waals surface area contributed by atoms with E-state index in [-0.39, 0.29) is 60.1 Å². The van der Waals surface area contributed by atoms with Crippen molar-refractivity contribution >= 4 is 117 Å². The molecule has 12 N–H and O–H groups in total. The van der Waals surface area contributed by atoms with Gasteiger partial charge in [-0.1, -0.05) is 0 Å². The van der Waals surface area contributed by atoms with Gasteiger partial charge in [0.15, 0.2) is 28.7 Å². The molecule has 13 heteroatoms. The molecule has 4 aromatic carbocycles. The number of phenolic OH excluding ortho intramolecular Hbond substituents is 5. The Morgan fingerprint density at radius 3 is 1.16 bits per heavy atom. The Hall–Kier alpha value is -1.99. The van der Waals surface area contributed by atoms with Crippen LogP contribution in [0.15, 0.2) is 0 Å². The van der Waals surface area contributed by atoms with Crippen molar-refractivity contribution in [1.29, 1.82) is 0 Å². The van der Waals surface area contributed by atoms with E-state index in [1.807, 2.05) is 0 Å². The van der Waals surface area contributed by atoms with Crippen molar-refractivity contribution in [3.8, 4) is 34.5 Å². The van der Waals surface area contributed by atoms with Crippen molar-refractivity contribution < 1.29 is 35.7 Å². The van der Waals surface area contributed by atoms with E-state index in [0.717, 1.165) is 0 Å². The van der Waals surface area contributed by atoms with Crippen LogP contribution >= 0.6 is 67.8 Å². The molecule has 4 rings (SSSR count). The van der Waals surface area contributed by atoms with Crippen LogP contribution in [0.4, 0.5) is 17.1 Å². The lowest BCUT2D eigenvalue weighted by molar-refractivity contribution is -0.138. The maximum Gasteiger partial charge on any atom is 0.231 e. The predicted molar refractivity (Wildman–Crippen MR) is 142 cm³/mol. The van der Waals surface area contributed by atoms with Crippen molar-refractivity contribution in [2.45, 2.75) is 0 Å². The monoisotopic (exact) mass is 763 g/mol. The smallest absolute Gasteiger partial charge is 0.231 e. The van der Waals surface area contributed by atoms with Gasteiger partial charge in [-0.05, 0) is 67.8 Å². The Kier molecular flexibility index (Phi) is 5.21. The van der Waals surface area contributed by atoms with Crippen molar-refractivity contribution in [2.75, 3.05) is 17.2 Å². The number of rotatable bonds is 1. The lowest BCUT2D eigenvalue weighted by Crippen LogP contribution is -2.03. The van der Waals surface area contributed by atoms with Crippen LogP contribution in [0.2, 0.25) is 0 Å². The number of anilines is 3. The number of hydrogen-bond donors (Lipinski definition) is 9. The van der Waals surface area contributed by atoms with E-state index in [1.165, 1.54) is 0 Å². The molecule has 0 aliphatic rings. The van der Waals surface area contributed by atoms with Crippen molar-refractivity contribution in [3.63, 3.8) is 0 Å². The summed E-state index contributed by atoms with van der Waals surface area (Å²) in [5.74, 6) is -3.12. The summed E-state index contributed by atoms with van der Waals surface area (Å²) >= 11 is 5.37. The molecule has 162 valence electrons. The zero-order valence-corrected chi connectivity index (χ0v) is 21.4. The highest BCUT2D eigenvalue weighted by molar-refractivity contribution is 14.1. The summed E-state index contributed by atoms with van der Waals surface area (Å²) in [6.45, 7) is 0. The van der Waals surface area contributed by atoms with Gasteiger partial charge in [0.2, 0.25) is 5.75 Å². The van der Waals surface area contributed by atoms with Crippen LogP contribution in [0.3, 0.4) is 0 Å². The first kappa shape index (κ1) is 22.2. The van der Waals surface area contributed by atoms with Gasteiger partial charge < -0.3 is 47.6 Å². The molecule has 0 fully saturated rings. The first-order valence-electron chi connectivity index (χ1n) is 8.19. The van der Waals surface area contributed by atoms with Crippen LogP contribution in [0, 0.1) is 10.7 Å². The second kappa shape index (κ2) is 7.27. The molecule has 0 aliphatic heterocycles. The first-order chi connectivity index (χ1) is 14.5. The Bertz CT molecular complexity index is 1450. The fourth-order valence-electron chi connectivity index (χ4n) is 3.70. The summed E-state index contributed by atoms with van der Waals surface area (Å²) in [6, 6.07) is 0. The number of nitrogen functional groups attached to an aromatic ring is 3. The third-order valence-corrected chi connectivity index (χ3v) is 8.25. The van der Waals surface area contributed by atoms with Crippen LogP contribution in [0.25, 0.3) is 32.3 Å². The molecule has 4 aromatic rings. The van der Waals surface area contributed by atoms with Gasteiger partial charge in [0, 0.05) is 32.3 Å². The lowest BCUT2D eigenvalue weighted by Gasteiger charge is -2.22. The van der Waals surface area contributed by atoms with E-state index in [9.17, 15) is 30.8 Å². The molecule has 0 radical (unpaired) electrons. The fourth-order valence-corrected chi connectivity index (χ4v) is 6.08. The van der Waals surface area contributed by atoms with Crippen LogP contribution in [0.1, 0.15) is 0 Å². The van der Waals surface area contributed by atoms with E-state index in [2.05, 4.69) is 4.89 Å². The largest absolute Gasteiger partial charge is 0.503 e. The lowest BCUT2D eigenvalue weighted by atomic mass is 9.90. The van der Waals surface area contributed by atoms with Crippen molar-refractivity contribution in [3.05, 3.63) is 10.7 Å². The van der Waals surface area contributed by atoms with E-state index in [1.54, 1.807) is 67.8 Å². The van der Waals surface area contributed by atoms with Gasteiger partial charge in [-0.3, -0.25) is 0 Å². The second-order valence-corrected chi connectivity index (χ2v) is 9.83. The minimum Gasteiger partial charge on any atom is -0.503 e. The average Bonchev–Trinajstić information content (AvgIpc) is 2.75. The maximum absolute atomic E-state index is 10.6. The van der Waals surface area contributed by atoms with Crippen LogP contribution in [0.5, 0.6) is 34.5 Å². The topological polar surface area (TPSA) is 209 Å². The van der Waals surface area contributed by atoms with Crippen molar-refractivity contribution in [2.24, 2.45) is 0 Å². The van der Waals surface area contributed by atoms with Gasteiger partial charge in [-0.25, -0.2) is 5.26 Å². The van der Waals surface area contributed by atoms with Gasteiger partial charge in [0.25, 0.3) is 0 Å². The van der Waals surface area contributed by atoms with Gasteiger partial charge in [-0.2, -0.15) is 0 Å². The number of fused-ring (bicyclic) bond motifs is 6. The van der Waals surface area contributed by atoms with Crippen LogP contribution < -0.4 is 22.1 Å². The van der Waals surface area contributed by atoms with Crippen LogP contribution in [-0.4, -0.2) is 30.8 Å². The third kappa shape index (κ3) is 2.68. The van der Waals surface area contributed by atoms with Gasteiger partial charge in [-0.15, -0.1) is 0 Å². The molecule has 0 atom stereocenters. The number of aromatic hydroxyl groups is 5. The molecule has 0 saturated carbocycles.